The minimum atomic E-state index is -0.389. The van der Waals surface area contributed by atoms with E-state index in [-0.39, 0.29) is 11.8 Å². The van der Waals surface area contributed by atoms with Crippen molar-refractivity contribution in [2.45, 2.75) is 34.6 Å². The van der Waals surface area contributed by atoms with Gasteiger partial charge in [0.2, 0.25) is 0 Å². The highest BCUT2D eigenvalue weighted by Crippen LogP contribution is 2.38. The van der Waals surface area contributed by atoms with E-state index < -0.39 is 0 Å². The summed E-state index contributed by atoms with van der Waals surface area (Å²) in [6, 6.07) is 5.03. The molecule has 0 aromatic heterocycles. The first-order chi connectivity index (χ1) is 11.7. The third kappa shape index (κ3) is 3.61. The van der Waals surface area contributed by atoms with Crippen molar-refractivity contribution in [2.24, 2.45) is 0 Å². The lowest BCUT2D eigenvalue weighted by Gasteiger charge is -2.18. The Kier molecular flexibility index (Phi) is 5.68. The maximum absolute atomic E-state index is 13.2. The van der Waals surface area contributed by atoms with E-state index in [2.05, 4.69) is 15.9 Å². The second kappa shape index (κ2) is 7.40. The van der Waals surface area contributed by atoms with Gasteiger partial charge in [0, 0.05) is 18.1 Å². The molecule has 5 heteroatoms. The maximum Gasteiger partial charge on any atom is 0.308 e. The molecule has 0 aliphatic carbocycles. The molecule has 2 aromatic rings. The third-order valence-corrected chi connectivity index (χ3v) is 5.27. The first-order valence-electron chi connectivity index (χ1n) is 7.86. The van der Waals surface area contributed by atoms with Crippen LogP contribution in [0.25, 0.3) is 0 Å². The molecule has 25 heavy (non-hydrogen) atoms. The summed E-state index contributed by atoms with van der Waals surface area (Å²) in [5.41, 5.74) is 4.66. The average Bonchev–Trinajstić information content (AvgIpc) is 2.53. The molecule has 0 saturated carbocycles. The number of hydrogen-bond donors (Lipinski definition) is 0. The van der Waals surface area contributed by atoms with E-state index in [9.17, 15) is 9.59 Å². The van der Waals surface area contributed by atoms with Gasteiger partial charge < -0.3 is 9.47 Å². The lowest BCUT2D eigenvalue weighted by molar-refractivity contribution is -0.131. The summed E-state index contributed by atoms with van der Waals surface area (Å²) in [5.74, 6) is 0.726. The van der Waals surface area contributed by atoms with Gasteiger partial charge in [-0.3, -0.25) is 9.59 Å². The number of rotatable bonds is 4. The van der Waals surface area contributed by atoms with Crippen LogP contribution >= 0.6 is 15.9 Å². The Bertz CT molecular complexity index is 839. The van der Waals surface area contributed by atoms with E-state index in [1.807, 2.05) is 27.7 Å². The summed E-state index contributed by atoms with van der Waals surface area (Å²) in [6.07, 6.45) is 0. The fraction of sp³-hybridized carbons (Fsp3) is 0.300. The Morgan fingerprint density at radius 3 is 2.16 bits per heavy atom. The van der Waals surface area contributed by atoms with Crippen molar-refractivity contribution in [1.29, 1.82) is 0 Å². The Morgan fingerprint density at radius 2 is 1.64 bits per heavy atom. The summed E-state index contributed by atoms with van der Waals surface area (Å²) in [7, 11) is 1.62. The number of ketones is 1. The first-order valence-corrected chi connectivity index (χ1v) is 8.65. The van der Waals surface area contributed by atoms with Gasteiger partial charge in [0.05, 0.1) is 11.6 Å². The van der Waals surface area contributed by atoms with Crippen LogP contribution in [0.15, 0.2) is 22.7 Å². The highest BCUT2D eigenvalue weighted by molar-refractivity contribution is 9.10. The summed E-state index contributed by atoms with van der Waals surface area (Å²) in [4.78, 5) is 24.3. The van der Waals surface area contributed by atoms with Gasteiger partial charge in [0.25, 0.3) is 0 Å². The molecule has 0 amide bonds. The number of ether oxygens (including phenoxy) is 2. The summed E-state index contributed by atoms with van der Waals surface area (Å²) in [6.45, 7) is 8.93. The molecule has 0 N–H and O–H groups in total. The molecule has 0 heterocycles. The van der Waals surface area contributed by atoms with E-state index in [1.165, 1.54) is 6.92 Å². The number of carbonyl (C=O) groups is 2. The fourth-order valence-corrected chi connectivity index (χ4v) is 3.58. The average molecular weight is 405 g/mol. The number of methoxy groups -OCH3 is 1. The van der Waals surface area contributed by atoms with E-state index in [4.69, 9.17) is 9.47 Å². The molecule has 0 aliphatic rings. The molecule has 132 valence electrons. The molecule has 0 spiro atoms. The highest BCUT2D eigenvalue weighted by atomic mass is 79.9. The Hall–Kier alpha value is -2.14. The zero-order valence-electron chi connectivity index (χ0n) is 15.2. The van der Waals surface area contributed by atoms with Gasteiger partial charge in [-0.1, -0.05) is 0 Å². The van der Waals surface area contributed by atoms with Crippen LogP contribution in [0.3, 0.4) is 0 Å². The largest absolute Gasteiger partial charge is 0.495 e. The number of benzene rings is 2. The molecule has 4 nitrogen and oxygen atoms in total. The molecule has 2 aromatic carbocycles. The van der Waals surface area contributed by atoms with E-state index >= 15 is 0 Å². The number of carbonyl (C=O) groups excluding carboxylic acids is 2. The van der Waals surface area contributed by atoms with Crippen LogP contribution in [0.1, 0.15) is 45.1 Å². The summed E-state index contributed by atoms with van der Waals surface area (Å²) in [5, 5.41) is 0. The van der Waals surface area contributed by atoms with Crippen molar-refractivity contribution >= 4 is 27.7 Å². The third-order valence-electron chi connectivity index (χ3n) is 4.32. The molecule has 0 fully saturated rings. The van der Waals surface area contributed by atoms with Crippen LogP contribution in [-0.2, 0) is 4.79 Å². The van der Waals surface area contributed by atoms with E-state index in [0.29, 0.717) is 16.9 Å². The van der Waals surface area contributed by atoms with Gasteiger partial charge >= 0.3 is 5.97 Å². The normalized spacial score (nSPS) is 10.5. The molecule has 2 rings (SSSR count). The van der Waals surface area contributed by atoms with Crippen LogP contribution < -0.4 is 9.47 Å². The topological polar surface area (TPSA) is 52.6 Å². The Morgan fingerprint density at radius 1 is 1.00 bits per heavy atom. The van der Waals surface area contributed by atoms with Gasteiger partial charge in [-0.2, -0.15) is 0 Å². The van der Waals surface area contributed by atoms with Crippen molar-refractivity contribution in [3.63, 3.8) is 0 Å². The zero-order chi connectivity index (χ0) is 18.9. The van der Waals surface area contributed by atoms with Crippen LogP contribution in [-0.4, -0.2) is 18.9 Å². The molecule has 0 saturated heterocycles. The van der Waals surface area contributed by atoms with Crippen molar-refractivity contribution in [3.8, 4) is 11.5 Å². The second-order valence-corrected chi connectivity index (χ2v) is 6.79. The smallest absolute Gasteiger partial charge is 0.308 e. The Balaban J connectivity index is 2.57. The predicted molar refractivity (Wildman–Crippen MR) is 101 cm³/mol. The molecule has 0 atom stereocenters. The number of halogens is 1. The Labute approximate surface area is 156 Å². The lowest BCUT2D eigenvalue weighted by Crippen LogP contribution is -2.11. The molecule has 0 aliphatic heterocycles. The van der Waals surface area contributed by atoms with Gasteiger partial charge in [0.15, 0.2) is 5.78 Å². The minimum absolute atomic E-state index is 0.0617. The predicted octanol–water partition coefficient (Wildman–Crippen LogP) is 4.85. The quantitative estimate of drug-likeness (QED) is 0.415. The lowest BCUT2D eigenvalue weighted by atomic mass is 9.90. The van der Waals surface area contributed by atoms with E-state index in [0.717, 1.165) is 32.5 Å². The number of aryl methyl sites for hydroxylation is 1. The SMILES string of the molecule is COc1c(C)c(C)c(C(=O)c2ccc(OC(C)=O)cc2C)c(C)c1Br. The zero-order valence-corrected chi connectivity index (χ0v) is 16.8. The number of hydrogen-bond acceptors (Lipinski definition) is 4. The monoisotopic (exact) mass is 404 g/mol. The van der Waals surface area contributed by atoms with Crippen molar-refractivity contribution < 1.29 is 19.1 Å². The first kappa shape index (κ1) is 19.2. The summed E-state index contributed by atoms with van der Waals surface area (Å²) < 4.78 is 11.3. The van der Waals surface area contributed by atoms with Gasteiger partial charge in [0.1, 0.15) is 11.5 Å². The van der Waals surface area contributed by atoms with Crippen molar-refractivity contribution in [3.05, 3.63) is 56.1 Å². The maximum atomic E-state index is 13.2. The van der Waals surface area contributed by atoms with Crippen LogP contribution in [0.4, 0.5) is 0 Å². The fourth-order valence-electron chi connectivity index (χ4n) is 2.92. The van der Waals surface area contributed by atoms with Crippen LogP contribution in [0.5, 0.6) is 11.5 Å². The molecular weight excluding hydrogens is 384 g/mol. The highest BCUT2D eigenvalue weighted by Gasteiger charge is 2.23. The second-order valence-electron chi connectivity index (χ2n) is 6.00. The minimum Gasteiger partial charge on any atom is -0.495 e. The summed E-state index contributed by atoms with van der Waals surface area (Å²) >= 11 is 3.54. The standard InChI is InChI=1S/C20H21BrO4/c1-10-9-15(25-14(5)22)7-8-16(10)19(23)17-11(2)12(3)20(24-6)18(21)13(17)4/h7-9H,1-6H3. The molecule has 0 bridgehead atoms. The van der Waals surface area contributed by atoms with Crippen molar-refractivity contribution in [2.75, 3.05) is 7.11 Å². The van der Waals surface area contributed by atoms with Gasteiger partial charge in [-0.15, -0.1) is 0 Å². The molecular formula is C20H21BrO4. The van der Waals surface area contributed by atoms with Gasteiger partial charge in [-0.25, -0.2) is 0 Å². The van der Waals surface area contributed by atoms with E-state index in [1.54, 1.807) is 25.3 Å². The number of esters is 1. The molecule has 0 unspecified atom stereocenters. The van der Waals surface area contributed by atoms with Crippen LogP contribution in [0.2, 0.25) is 0 Å². The van der Waals surface area contributed by atoms with Crippen molar-refractivity contribution in [1.82, 2.24) is 0 Å². The molecule has 0 radical (unpaired) electrons. The van der Waals surface area contributed by atoms with Gasteiger partial charge in [-0.05, 0) is 84.1 Å². The van der Waals surface area contributed by atoms with Crippen LogP contribution in [0, 0.1) is 27.7 Å².